The molecule has 0 bridgehead atoms. The van der Waals surface area contributed by atoms with Crippen LogP contribution >= 0.6 is 0 Å². The van der Waals surface area contributed by atoms with Crippen LogP contribution in [0, 0.1) is 20.8 Å². The second-order valence-electron chi connectivity index (χ2n) is 7.00. The number of rotatable bonds is 5. The van der Waals surface area contributed by atoms with Crippen molar-refractivity contribution in [2.75, 3.05) is 32.9 Å². The molecule has 25 heavy (non-hydrogen) atoms. The Labute approximate surface area is 148 Å². The van der Waals surface area contributed by atoms with Gasteiger partial charge in [0.2, 0.25) is 0 Å². The van der Waals surface area contributed by atoms with Crippen LogP contribution in [0.15, 0.2) is 24.3 Å². The predicted octanol–water partition coefficient (Wildman–Crippen LogP) is 1.98. The van der Waals surface area contributed by atoms with Crippen LogP contribution in [-0.4, -0.2) is 58.7 Å². The van der Waals surface area contributed by atoms with E-state index in [1.165, 1.54) is 11.1 Å². The first-order valence-electron chi connectivity index (χ1n) is 8.68. The zero-order valence-corrected chi connectivity index (χ0v) is 15.2. The van der Waals surface area contributed by atoms with Gasteiger partial charge in [0.25, 0.3) is 0 Å². The summed E-state index contributed by atoms with van der Waals surface area (Å²) in [7, 11) is 0. The van der Waals surface area contributed by atoms with Crippen molar-refractivity contribution in [3.05, 3.63) is 46.8 Å². The highest BCUT2D eigenvalue weighted by atomic mass is 16.5. The van der Waals surface area contributed by atoms with Crippen molar-refractivity contribution in [1.82, 2.24) is 15.1 Å². The van der Waals surface area contributed by atoms with E-state index in [0.717, 1.165) is 30.2 Å². The fraction of sp³-hybridized carbons (Fsp3) is 0.526. The fourth-order valence-electron chi connectivity index (χ4n) is 3.10. The highest BCUT2D eigenvalue weighted by molar-refractivity contribution is 5.26. The number of hydrogen-bond donors (Lipinski definition) is 2. The first-order chi connectivity index (χ1) is 12.0. The zero-order valence-electron chi connectivity index (χ0n) is 15.2. The standard InChI is InChI=1S/C19H27N3O3/c1-14-4-6-17(7-5-14)25-13-19(23)11-22(8-9-24-12-19)10-18-15(2)20-21-16(18)3/h4-7,23H,8-13H2,1-3H3,(H,20,21)/t19-/m0/s1. The molecule has 136 valence electrons. The lowest BCUT2D eigenvalue weighted by Gasteiger charge is -2.30. The number of aryl methyl sites for hydroxylation is 3. The van der Waals surface area contributed by atoms with E-state index in [4.69, 9.17) is 9.47 Å². The van der Waals surface area contributed by atoms with Crippen molar-refractivity contribution in [2.45, 2.75) is 32.9 Å². The molecule has 2 heterocycles. The summed E-state index contributed by atoms with van der Waals surface area (Å²) in [4.78, 5) is 2.20. The van der Waals surface area contributed by atoms with Crippen molar-refractivity contribution in [3.63, 3.8) is 0 Å². The summed E-state index contributed by atoms with van der Waals surface area (Å²) in [5.74, 6) is 0.761. The van der Waals surface area contributed by atoms with Crippen molar-refractivity contribution in [1.29, 1.82) is 0 Å². The molecule has 0 radical (unpaired) electrons. The lowest BCUT2D eigenvalue weighted by atomic mass is 10.1. The molecule has 6 heteroatoms. The second-order valence-corrected chi connectivity index (χ2v) is 7.00. The first kappa shape index (κ1) is 17.9. The summed E-state index contributed by atoms with van der Waals surface area (Å²) in [6.45, 7) is 9.16. The summed E-state index contributed by atoms with van der Waals surface area (Å²) in [5.41, 5.74) is 3.40. The Balaban J connectivity index is 1.64. The third kappa shape index (κ3) is 4.60. The minimum Gasteiger partial charge on any atom is -0.490 e. The number of nitrogens with zero attached hydrogens (tertiary/aromatic N) is 2. The third-order valence-electron chi connectivity index (χ3n) is 4.63. The molecule has 3 rings (SSSR count). The largest absolute Gasteiger partial charge is 0.490 e. The molecule has 0 amide bonds. The normalized spacial score (nSPS) is 21.9. The molecule has 1 aromatic carbocycles. The topological polar surface area (TPSA) is 70.6 Å². The van der Waals surface area contributed by atoms with Crippen molar-refractivity contribution < 1.29 is 14.6 Å². The van der Waals surface area contributed by atoms with E-state index in [1.54, 1.807) is 0 Å². The Bertz CT molecular complexity index is 679. The Morgan fingerprint density at radius 2 is 2.04 bits per heavy atom. The van der Waals surface area contributed by atoms with Gasteiger partial charge in [-0.15, -0.1) is 0 Å². The Morgan fingerprint density at radius 1 is 1.28 bits per heavy atom. The smallest absolute Gasteiger partial charge is 0.134 e. The monoisotopic (exact) mass is 345 g/mol. The van der Waals surface area contributed by atoms with Crippen LogP contribution in [-0.2, 0) is 11.3 Å². The molecule has 1 aliphatic rings. The van der Waals surface area contributed by atoms with E-state index in [2.05, 4.69) is 15.1 Å². The maximum Gasteiger partial charge on any atom is 0.134 e. The number of aliphatic hydroxyl groups is 1. The first-order valence-corrected chi connectivity index (χ1v) is 8.68. The van der Waals surface area contributed by atoms with Crippen molar-refractivity contribution >= 4 is 0 Å². The van der Waals surface area contributed by atoms with Gasteiger partial charge in [0.15, 0.2) is 0 Å². The quantitative estimate of drug-likeness (QED) is 0.867. The molecule has 2 aromatic rings. The van der Waals surface area contributed by atoms with Crippen molar-refractivity contribution in [3.8, 4) is 5.75 Å². The fourth-order valence-corrected chi connectivity index (χ4v) is 3.10. The molecule has 0 unspecified atom stereocenters. The number of aromatic amines is 1. The van der Waals surface area contributed by atoms with Gasteiger partial charge >= 0.3 is 0 Å². The molecule has 0 aliphatic carbocycles. The van der Waals surface area contributed by atoms with Gasteiger partial charge in [-0.1, -0.05) is 17.7 Å². The number of aromatic nitrogens is 2. The number of benzene rings is 1. The number of β-amino-alcohol motifs (C(OH)–C–C–N with tert-alkyl or cyclic N) is 1. The summed E-state index contributed by atoms with van der Waals surface area (Å²) in [6.07, 6.45) is 0. The van der Waals surface area contributed by atoms with Gasteiger partial charge in [0, 0.05) is 30.9 Å². The van der Waals surface area contributed by atoms with Gasteiger partial charge in [0.05, 0.1) is 18.9 Å². The minimum atomic E-state index is -1.03. The summed E-state index contributed by atoms with van der Waals surface area (Å²) < 4.78 is 11.4. The summed E-state index contributed by atoms with van der Waals surface area (Å²) >= 11 is 0. The van der Waals surface area contributed by atoms with Crippen molar-refractivity contribution in [2.24, 2.45) is 0 Å². The van der Waals surface area contributed by atoms with Gasteiger partial charge in [-0.05, 0) is 32.9 Å². The molecule has 1 saturated heterocycles. The minimum absolute atomic E-state index is 0.204. The Hall–Kier alpha value is -1.89. The molecular formula is C19H27N3O3. The number of hydrogen-bond acceptors (Lipinski definition) is 5. The third-order valence-corrected chi connectivity index (χ3v) is 4.63. The summed E-state index contributed by atoms with van der Waals surface area (Å²) in [6, 6.07) is 7.85. The second kappa shape index (κ2) is 7.56. The highest BCUT2D eigenvalue weighted by Gasteiger charge is 2.34. The highest BCUT2D eigenvalue weighted by Crippen LogP contribution is 2.20. The van der Waals surface area contributed by atoms with E-state index in [0.29, 0.717) is 13.2 Å². The molecule has 0 saturated carbocycles. The molecule has 1 fully saturated rings. The summed E-state index contributed by atoms with van der Waals surface area (Å²) in [5, 5.41) is 18.3. The molecule has 0 spiro atoms. The van der Waals surface area contributed by atoms with E-state index in [9.17, 15) is 5.11 Å². The zero-order chi connectivity index (χ0) is 17.9. The van der Waals surface area contributed by atoms with E-state index in [1.807, 2.05) is 45.0 Å². The molecule has 6 nitrogen and oxygen atoms in total. The van der Waals surface area contributed by atoms with Gasteiger partial charge in [-0.25, -0.2) is 0 Å². The molecule has 1 aliphatic heterocycles. The number of H-pyrrole nitrogens is 1. The van der Waals surface area contributed by atoms with Crippen LogP contribution in [0.2, 0.25) is 0 Å². The van der Waals surface area contributed by atoms with E-state index < -0.39 is 5.60 Å². The van der Waals surface area contributed by atoms with Gasteiger partial charge < -0.3 is 14.6 Å². The van der Waals surface area contributed by atoms with Crippen LogP contribution in [0.3, 0.4) is 0 Å². The van der Waals surface area contributed by atoms with Crippen LogP contribution in [0.4, 0.5) is 0 Å². The maximum atomic E-state index is 11.0. The van der Waals surface area contributed by atoms with Gasteiger partial charge in [0.1, 0.15) is 18.0 Å². The van der Waals surface area contributed by atoms with E-state index >= 15 is 0 Å². The average Bonchev–Trinajstić information content (AvgIpc) is 2.79. The van der Waals surface area contributed by atoms with Crippen LogP contribution in [0.5, 0.6) is 5.75 Å². The van der Waals surface area contributed by atoms with Crippen LogP contribution < -0.4 is 4.74 Å². The Kier molecular flexibility index (Phi) is 5.42. The molecular weight excluding hydrogens is 318 g/mol. The average molecular weight is 345 g/mol. The predicted molar refractivity (Wildman–Crippen MR) is 95.8 cm³/mol. The van der Waals surface area contributed by atoms with Gasteiger partial charge in [-0.3, -0.25) is 10.00 Å². The van der Waals surface area contributed by atoms with E-state index in [-0.39, 0.29) is 13.2 Å². The molecule has 2 N–H and O–H groups in total. The lowest BCUT2D eigenvalue weighted by molar-refractivity contribution is -0.0646. The number of nitrogens with one attached hydrogen (secondary N) is 1. The molecule has 1 atom stereocenters. The Morgan fingerprint density at radius 3 is 2.72 bits per heavy atom. The van der Waals surface area contributed by atoms with Crippen LogP contribution in [0.25, 0.3) is 0 Å². The lowest BCUT2D eigenvalue weighted by Crippen LogP contribution is -2.48. The number of ether oxygens (including phenoxy) is 2. The SMILES string of the molecule is Cc1ccc(OC[C@@]2(O)COCCN(Cc3c(C)n[nH]c3C)C2)cc1. The van der Waals surface area contributed by atoms with Gasteiger partial charge in [-0.2, -0.15) is 5.10 Å². The maximum absolute atomic E-state index is 11.0. The molecule has 1 aromatic heterocycles. The van der Waals surface area contributed by atoms with Crippen LogP contribution in [0.1, 0.15) is 22.5 Å².